The van der Waals surface area contributed by atoms with Gasteiger partial charge in [-0.05, 0) is 19.8 Å². The molecule has 0 atom stereocenters. The normalized spacial score (nSPS) is 15.7. The zero-order valence-electron chi connectivity index (χ0n) is 11.9. The molecule has 1 aliphatic rings. The van der Waals surface area contributed by atoms with Crippen LogP contribution in [0.2, 0.25) is 0 Å². The minimum atomic E-state index is -0.332. The van der Waals surface area contributed by atoms with E-state index in [1.54, 1.807) is 4.68 Å². The molecule has 0 spiro atoms. The summed E-state index contributed by atoms with van der Waals surface area (Å²) < 4.78 is 2.83. The molecule has 2 aromatic rings. The number of fused-ring (bicyclic) bond motifs is 1. The van der Waals surface area contributed by atoms with Gasteiger partial charge < -0.3 is 5.32 Å². The Labute approximate surface area is 121 Å². The van der Waals surface area contributed by atoms with Gasteiger partial charge in [0, 0.05) is 12.6 Å². The molecule has 2 heterocycles. The molecule has 21 heavy (non-hydrogen) atoms. The number of aromatic nitrogens is 5. The van der Waals surface area contributed by atoms with Crippen molar-refractivity contribution in [3.63, 3.8) is 0 Å². The Bertz CT molecular complexity index is 713. The summed E-state index contributed by atoms with van der Waals surface area (Å²) in [6.07, 6.45) is 5.72. The molecular weight excluding hydrogens is 272 g/mol. The highest BCUT2D eigenvalue weighted by molar-refractivity contribution is 5.76. The number of hydrogen-bond donors (Lipinski definition) is 1. The molecule has 0 bridgehead atoms. The molecule has 3 rings (SSSR count). The fraction of sp³-hybridized carbons (Fsp3) is 0.615. The summed E-state index contributed by atoms with van der Waals surface area (Å²) in [5, 5.41) is 10.7. The quantitative estimate of drug-likeness (QED) is 0.859. The molecule has 0 saturated heterocycles. The Morgan fingerprint density at radius 3 is 2.90 bits per heavy atom. The molecule has 8 heteroatoms. The van der Waals surface area contributed by atoms with Crippen LogP contribution in [0.5, 0.6) is 0 Å². The molecule has 0 aromatic carbocycles. The molecule has 0 aliphatic heterocycles. The van der Waals surface area contributed by atoms with Gasteiger partial charge in [-0.2, -0.15) is 0 Å². The van der Waals surface area contributed by atoms with Crippen LogP contribution in [0.1, 0.15) is 32.6 Å². The maximum atomic E-state index is 12.3. The zero-order valence-corrected chi connectivity index (χ0v) is 11.9. The molecule has 0 radical (unpaired) electrons. The van der Waals surface area contributed by atoms with Gasteiger partial charge in [0.1, 0.15) is 12.9 Å². The van der Waals surface area contributed by atoms with Crippen molar-refractivity contribution in [3.8, 4) is 0 Å². The van der Waals surface area contributed by atoms with Crippen LogP contribution in [0.25, 0.3) is 11.2 Å². The maximum absolute atomic E-state index is 12.3. The molecule has 1 N–H and O–H groups in total. The van der Waals surface area contributed by atoms with Crippen LogP contribution in [0, 0.1) is 0 Å². The van der Waals surface area contributed by atoms with Crippen molar-refractivity contribution in [1.29, 1.82) is 0 Å². The predicted molar refractivity (Wildman–Crippen MR) is 75.7 cm³/mol. The van der Waals surface area contributed by atoms with Gasteiger partial charge in [-0.3, -0.25) is 14.2 Å². The van der Waals surface area contributed by atoms with Crippen LogP contribution in [-0.4, -0.2) is 36.5 Å². The summed E-state index contributed by atoms with van der Waals surface area (Å²) in [5.74, 6) is -0.159. The van der Waals surface area contributed by atoms with Gasteiger partial charge in [-0.25, -0.2) is 9.67 Å². The lowest BCUT2D eigenvalue weighted by atomic mass is 10.2. The van der Waals surface area contributed by atoms with Crippen LogP contribution in [0.15, 0.2) is 11.1 Å². The third-order valence-electron chi connectivity index (χ3n) is 3.83. The van der Waals surface area contributed by atoms with Crippen LogP contribution in [0.3, 0.4) is 0 Å². The summed E-state index contributed by atoms with van der Waals surface area (Å²) in [5.41, 5.74) is 0.323. The van der Waals surface area contributed by atoms with E-state index in [0.717, 1.165) is 25.7 Å². The Hall–Kier alpha value is -2.25. The molecular formula is C13H18N6O2. The fourth-order valence-electron chi connectivity index (χ4n) is 2.71. The number of nitrogens with one attached hydrogen (secondary N) is 1. The smallest absolute Gasteiger partial charge is 0.283 e. The Balaban J connectivity index is 1.79. The second-order valence-electron chi connectivity index (χ2n) is 5.30. The number of carbonyl (C=O) groups is 1. The molecule has 2 aromatic heterocycles. The SMILES string of the molecule is CCn1nnc2c(=O)n(CC(=O)NC3CCCC3)cnc21. The lowest BCUT2D eigenvalue weighted by Gasteiger charge is -2.12. The predicted octanol–water partition coefficient (Wildman–Crippen LogP) is 0.0667. The van der Waals surface area contributed by atoms with E-state index in [-0.39, 0.29) is 29.6 Å². The van der Waals surface area contributed by atoms with Crippen LogP contribution < -0.4 is 10.9 Å². The maximum Gasteiger partial charge on any atom is 0.283 e. The highest BCUT2D eigenvalue weighted by Crippen LogP contribution is 2.17. The van der Waals surface area contributed by atoms with E-state index in [4.69, 9.17) is 0 Å². The third kappa shape index (κ3) is 2.65. The van der Waals surface area contributed by atoms with Crippen molar-refractivity contribution >= 4 is 17.1 Å². The van der Waals surface area contributed by atoms with Crippen molar-refractivity contribution in [2.75, 3.05) is 0 Å². The summed E-state index contributed by atoms with van der Waals surface area (Å²) in [4.78, 5) is 28.4. The Morgan fingerprint density at radius 2 is 2.19 bits per heavy atom. The average molecular weight is 290 g/mol. The highest BCUT2D eigenvalue weighted by Gasteiger charge is 2.18. The molecule has 1 fully saturated rings. The lowest BCUT2D eigenvalue weighted by Crippen LogP contribution is -2.37. The number of hydrogen-bond acceptors (Lipinski definition) is 5. The van der Waals surface area contributed by atoms with E-state index in [9.17, 15) is 9.59 Å². The molecule has 8 nitrogen and oxygen atoms in total. The van der Waals surface area contributed by atoms with Gasteiger partial charge in [0.05, 0.1) is 0 Å². The summed E-state index contributed by atoms with van der Waals surface area (Å²) >= 11 is 0. The number of carbonyl (C=O) groups excluding carboxylic acids is 1. The highest BCUT2D eigenvalue weighted by atomic mass is 16.2. The topological polar surface area (TPSA) is 94.7 Å². The fourth-order valence-corrected chi connectivity index (χ4v) is 2.71. The van der Waals surface area contributed by atoms with E-state index in [1.165, 1.54) is 10.9 Å². The second-order valence-corrected chi connectivity index (χ2v) is 5.30. The van der Waals surface area contributed by atoms with Crippen LogP contribution in [0.4, 0.5) is 0 Å². The molecule has 1 aliphatic carbocycles. The van der Waals surface area contributed by atoms with Gasteiger partial charge >= 0.3 is 0 Å². The molecule has 0 unspecified atom stereocenters. The minimum Gasteiger partial charge on any atom is -0.352 e. The zero-order chi connectivity index (χ0) is 14.8. The third-order valence-corrected chi connectivity index (χ3v) is 3.83. The summed E-state index contributed by atoms with van der Waals surface area (Å²) in [6, 6.07) is 0.242. The Kier molecular flexibility index (Phi) is 3.68. The summed E-state index contributed by atoms with van der Waals surface area (Å²) in [7, 11) is 0. The Morgan fingerprint density at radius 1 is 1.43 bits per heavy atom. The first-order chi connectivity index (χ1) is 10.2. The molecule has 1 saturated carbocycles. The van der Waals surface area contributed by atoms with E-state index in [2.05, 4.69) is 20.6 Å². The van der Waals surface area contributed by atoms with E-state index >= 15 is 0 Å². The average Bonchev–Trinajstić information content (AvgIpc) is 3.11. The van der Waals surface area contributed by atoms with Crippen molar-refractivity contribution in [3.05, 3.63) is 16.7 Å². The van der Waals surface area contributed by atoms with E-state index < -0.39 is 0 Å². The standard InChI is InChI=1S/C13H18N6O2/c1-2-19-12-11(16-17-19)13(21)18(8-14-12)7-10(20)15-9-5-3-4-6-9/h8-9H,2-7H2,1H3,(H,15,20). The first-order valence-electron chi connectivity index (χ1n) is 7.27. The van der Waals surface area contributed by atoms with Crippen molar-refractivity contribution in [2.45, 2.75) is 51.7 Å². The number of nitrogens with zero attached hydrogens (tertiary/aromatic N) is 5. The largest absolute Gasteiger partial charge is 0.352 e. The number of aryl methyl sites for hydroxylation is 1. The van der Waals surface area contributed by atoms with E-state index in [0.29, 0.717) is 12.2 Å². The first-order valence-corrected chi connectivity index (χ1v) is 7.27. The van der Waals surface area contributed by atoms with Gasteiger partial charge in [-0.1, -0.05) is 18.1 Å². The molecule has 1 amide bonds. The number of amides is 1. The van der Waals surface area contributed by atoms with Gasteiger partial charge in [-0.15, -0.1) is 5.10 Å². The molecule has 112 valence electrons. The lowest BCUT2D eigenvalue weighted by molar-refractivity contribution is -0.122. The first kappa shape index (κ1) is 13.7. The minimum absolute atomic E-state index is 0.0305. The van der Waals surface area contributed by atoms with Gasteiger partial charge in [0.15, 0.2) is 11.2 Å². The number of rotatable bonds is 4. The van der Waals surface area contributed by atoms with Crippen molar-refractivity contribution in [2.24, 2.45) is 0 Å². The van der Waals surface area contributed by atoms with Crippen molar-refractivity contribution in [1.82, 2.24) is 29.9 Å². The van der Waals surface area contributed by atoms with Crippen molar-refractivity contribution < 1.29 is 4.79 Å². The second kappa shape index (κ2) is 5.63. The van der Waals surface area contributed by atoms with Gasteiger partial charge in [0.25, 0.3) is 5.56 Å². The van der Waals surface area contributed by atoms with Gasteiger partial charge in [0.2, 0.25) is 5.91 Å². The van der Waals surface area contributed by atoms with Crippen LogP contribution in [-0.2, 0) is 17.9 Å². The van der Waals surface area contributed by atoms with Crippen LogP contribution >= 0.6 is 0 Å². The summed E-state index contributed by atoms with van der Waals surface area (Å²) in [6.45, 7) is 2.46. The monoisotopic (exact) mass is 290 g/mol. The van der Waals surface area contributed by atoms with E-state index in [1.807, 2.05) is 6.92 Å².